The van der Waals surface area contributed by atoms with E-state index in [-0.39, 0.29) is 0 Å². The van der Waals surface area contributed by atoms with Crippen molar-refractivity contribution in [3.63, 3.8) is 0 Å². The van der Waals surface area contributed by atoms with Gasteiger partial charge in [0.05, 0.1) is 5.49 Å². The van der Waals surface area contributed by atoms with Crippen LogP contribution >= 0.6 is 12.2 Å². The van der Waals surface area contributed by atoms with E-state index >= 15 is 0 Å². The molecule has 0 aliphatic heterocycles. The average molecular weight is 161 g/mol. The number of carbonyl (C=O) groups is 1. The first-order valence-corrected chi connectivity index (χ1v) is 3.36. The van der Waals surface area contributed by atoms with Gasteiger partial charge in [-0.1, -0.05) is 12.2 Å². The summed E-state index contributed by atoms with van der Waals surface area (Å²) in [6, 6.07) is 0. The number of nitrogens with one attached hydrogen (secondary N) is 1. The average Bonchev–Trinajstić information content (AvgIpc) is 1.59. The van der Waals surface area contributed by atoms with Crippen molar-refractivity contribution in [2.45, 2.75) is 26.4 Å². The third kappa shape index (κ3) is 5.50. The van der Waals surface area contributed by atoms with E-state index in [1.807, 2.05) is 0 Å². The fraction of sp³-hybridized carbons (Fsp3) is 0.667. The van der Waals surface area contributed by atoms with E-state index in [1.54, 1.807) is 20.8 Å². The zero-order valence-corrected chi connectivity index (χ0v) is 7.12. The molecular weight excluding hydrogens is 150 g/mol. The Hall–Kier alpha value is -0.640. The summed E-state index contributed by atoms with van der Waals surface area (Å²) < 4.78 is 4.83. The van der Waals surface area contributed by atoms with E-state index in [1.165, 1.54) is 0 Å². The molecule has 0 aromatic heterocycles. The summed E-state index contributed by atoms with van der Waals surface area (Å²) in [5.74, 6) is 0. The monoisotopic (exact) mass is 161 g/mol. The van der Waals surface area contributed by atoms with Crippen LogP contribution < -0.4 is 5.32 Å². The normalized spacial score (nSPS) is 10.3. The molecule has 0 radical (unpaired) electrons. The Kier molecular flexibility index (Phi) is 3.28. The molecule has 0 saturated carbocycles. The van der Waals surface area contributed by atoms with Gasteiger partial charge in [0.1, 0.15) is 5.60 Å². The first-order chi connectivity index (χ1) is 4.45. The Morgan fingerprint density at radius 3 is 2.40 bits per heavy atom. The second-order valence-corrected chi connectivity index (χ2v) is 3.00. The van der Waals surface area contributed by atoms with E-state index in [0.29, 0.717) is 0 Å². The lowest BCUT2D eigenvalue weighted by molar-refractivity contribution is 0.0566. The standard InChI is InChI=1S/C6H11NO2S/c1-6(2,3)9-5(8)7-4-10/h4H,1-3H3,(H,7,8,10). The molecular formula is C6H11NO2S. The molecule has 4 heteroatoms. The van der Waals surface area contributed by atoms with Gasteiger partial charge in [0.25, 0.3) is 0 Å². The van der Waals surface area contributed by atoms with Gasteiger partial charge in [-0.2, -0.15) is 0 Å². The Labute approximate surface area is 65.7 Å². The summed E-state index contributed by atoms with van der Waals surface area (Å²) in [6.45, 7) is 5.36. The number of alkyl carbamates (subject to hydrolysis) is 1. The fourth-order valence-electron chi connectivity index (χ4n) is 0.356. The van der Waals surface area contributed by atoms with Gasteiger partial charge in [-0.15, -0.1) is 0 Å². The highest BCUT2D eigenvalue weighted by Crippen LogP contribution is 2.05. The molecule has 0 heterocycles. The van der Waals surface area contributed by atoms with Gasteiger partial charge in [0, 0.05) is 0 Å². The molecule has 0 atom stereocenters. The minimum atomic E-state index is -0.512. The Balaban J connectivity index is 3.68. The molecule has 3 nitrogen and oxygen atoms in total. The lowest BCUT2D eigenvalue weighted by Crippen LogP contribution is -2.31. The minimum absolute atomic E-state index is 0.456. The van der Waals surface area contributed by atoms with Crippen LogP contribution in [0.4, 0.5) is 4.79 Å². The molecule has 0 unspecified atom stereocenters. The quantitative estimate of drug-likeness (QED) is 0.592. The van der Waals surface area contributed by atoms with E-state index in [2.05, 4.69) is 17.5 Å². The van der Waals surface area contributed by atoms with Crippen LogP contribution in [0.25, 0.3) is 0 Å². The third-order valence-corrected chi connectivity index (χ3v) is 0.694. The van der Waals surface area contributed by atoms with Crippen molar-refractivity contribution in [2.24, 2.45) is 0 Å². The number of thiocarbonyl (C=S) groups is 1. The molecule has 0 rings (SSSR count). The van der Waals surface area contributed by atoms with Gasteiger partial charge in [-0.25, -0.2) is 4.79 Å². The summed E-state index contributed by atoms with van der Waals surface area (Å²) in [6.07, 6.45) is -0.512. The van der Waals surface area contributed by atoms with Crippen LogP contribution in [0.5, 0.6) is 0 Å². The largest absolute Gasteiger partial charge is 0.444 e. The van der Waals surface area contributed by atoms with E-state index in [4.69, 9.17) is 4.74 Å². The predicted octanol–water partition coefficient (Wildman–Crippen LogP) is 1.47. The number of ether oxygens (including phenoxy) is 1. The first-order valence-electron chi connectivity index (χ1n) is 2.89. The van der Waals surface area contributed by atoms with Crippen molar-refractivity contribution in [1.29, 1.82) is 0 Å². The van der Waals surface area contributed by atoms with E-state index in [9.17, 15) is 4.79 Å². The van der Waals surface area contributed by atoms with E-state index < -0.39 is 11.7 Å². The van der Waals surface area contributed by atoms with Crippen molar-refractivity contribution in [1.82, 2.24) is 5.32 Å². The van der Waals surface area contributed by atoms with Crippen molar-refractivity contribution >= 4 is 23.8 Å². The van der Waals surface area contributed by atoms with Crippen LogP contribution in [0.2, 0.25) is 0 Å². The Morgan fingerprint density at radius 2 is 2.10 bits per heavy atom. The molecule has 10 heavy (non-hydrogen) atoms. The minimum Gasteiger partial charge on any atom is -0.444 e. The summed E-state index contributed by atoms with van der Waals surface area (Å²) in [7, 11) is 0. The number of hydrogen-bond donors (Lipinski definition) is 1. The molecule has 0 aliphatic rings. The van der Waals surface area contributed by atoms with Crippen molar-refractivity contribution < 1.29 is 9.53 Å². The number of amides is 1. The summed E-state index contributed by atoms with van der Waals surface area (Å²) in [5, 5.41) is 2.23. The molecule has 0 spiro atoms. The van der Waals surface area contributed by atoms with Crippen molar-refractivity contribution in [3.05, 3.63) is 0 Å². The maximum atomic E-state index is 10.6. The van der Waals surface area contributed by atoms with Crippen LogP contribution in [0.1, 0.15) is 20.8 Å². The van der Waals surface area contributed by atoms with Crippen LogP contribution in [-0.4, -0.2) is 17.2 Å². The molecule has 0 aromatic carbocycles. The van der Waals surface area contributed by atoms with Gasteiger partial charge >= 0.3 is 6.09 Å². The van der Waals surface area contributed by atoms with Crippen LogP contribution in [0, 0.1) is 0 Å². The van der Waals surface area contributed by atoms with E-state index in [0.717, 1.165) is 5.49 Å². The molecule has 1 N–H and O–H groups in total. The van der Waals surface area contributed by atoms with Gasteiger partial charge in [-0.3, -0.25) is 5.32 Å². The first kappa shape index (κ1) is 9.36. The van der Waals surface area contributed by atoms with Crippen molar-refractivity contribution in [3.8, 4) is 0 Å². The topological polar surface area (TPSA) is 38.3 Å². The fourth-order valence-corrected chi connectivity index (χ4v) is 0.452. The number of carbonyl (C=O) groups excluding carboxylic acids is 1. The summed E-state index contributed by atoms with van der Waals surface area (Å²) in [4.78, 5) is 10.6. The van der Waals surface area contributed by atoms with Gasteiger partial charge < -0.3 is 4.74 Å². The molecule has 0 bridgehead atoms. The maximum absolute atomic E-state index is 10.6. The SMILES string of the molecule is CC(C)(C)OC(=O)NC=S. The highest BCUT2D eigenvalue weighted by atomic mass is 32.1. The van der Waals surface area contributed by atoms with Gasteiger partial charge in [-0.05, 0) is 20.8 Å². The highest BCUT2D eigenvalue weighted by molar-refractivity contribution is 7.78. The smallest absolute Gasteiger partial charge is 0.412 e. The molecule has 0 aromatic rings. The maximum Gasteiger partial charge on any atom is 0.412 e. The number of rotatable bonds is 1. The molecule has 58 valence electrons. The van der Waals surface area contributed by atoms with Gasteiger partial charge in [0.15, 0.2) is 0 Å². The van der Waals surface area contributed by atoms with Crippen LogP contribution in [0.3, 0.4) is 0 Å². The lowest BCUT2D eigenvalue weighted by atomic mass is 10.2. The Morgan fingerprint density at radius 1 is 1.60 bits per heavy atom. The second-order valence-electron chi connectivity index (χ2n) is 2.76. The zero-order valence-electron chi connectivity index (χ0n) is 6.30. The predicted molar refractivity (Wildman–Crippen MR) is 43.0 cm³/mol. The van der Waals surface area contributed by atoms with Crippen LogP contribution in [0.15, 0.2) is 0 Å². The molecule has 0 fully saturated rings. The third-order valence-electron chi connectivity index (χ3n) is 0.576. The van der Waals surface area contributed by atoms with Gasteiger partial charge in [0.2, 0.25) is 0 Å². The summed E-state index contributed by atoms with van der Waals surface area (Å²) in [5.41, 5.74) is 0.663. The lowest BCUT2D eigenvalue weighted by Gasteiger charge is -2.18. The zero-order chi connectivity index (χ0) is 8.20. The van der Waals surface area contributed by atoms with Crippen molar-refractivity contribution in [2.75, 3.05) is 0 Å². The molecule has 1 amide bonds. The molecule has 0 saturated heterocycles. The number of hydrogen-bond acceptors (Lipinski definition) is 3. The second kappa shape index (κ2) is 3.51. The molecule has 0 aliphatic carbocycles. The summed E-state index contributed by atoms with van der Waals surface area (Å²) >= 11 is 4.38. The Bertz CT molecular complexity index is 139. The van der Waals surface area contributed by atoms with Crippen LogP contribution in [-0.2, 0) is 4.74 Å². The highest BCUT2D eigenvalue weighted by Gasteiger charge is 2.14.